The Balaban J connectivity index is 2.00. The van der Waals surface area contributed by atoms with Crippen molar-refractivity contribution in [3.63, 3.8) is 0 Å². The molecule has 0 saturated heterocycles. The van der Waals surface area contributed by atoms with Gasteiger partial charge in [0.1, 0.15) is 5.69 Å². The van der Waals surface area contributed by atoms with E-state index in [-0.39, 0.29) is 0 Å². The topological polar surface area (TPSA) is 54.4 Å². The van der Waals surface area contributed by atoms with Crippen molar-refractivity contribution in [1.82, 2.24) is 4.98 Å². The van der Waals surface area contributed by atoms with Gasteiger partial charge in [0.05, 0.1) is 15.2 Å². The zero-order chi connectivity index (χ0) is 15.0. The van der Waals surface area contributed by atoms with Crippen molar-refractivity contribution in [3.05, 3.63) is 51.4 Å². The van der Waals surface area contributed by atoms with Gasteiger partial charge in [0.15, 0.2) is 5.13 Å². The zero-order valence-electron chi connectivity index (χ0n) is 11.5. The summed E-state index contributed by atoms with van der Waals surface area (Å²) in [4.78, 5) is 15.1. The molecule has 0 aliphatic rings. The van der Waals surface area contributed by atoms with Crippen LogP contribution in [0.25, 0.3) is 10.2 Å². The molecule has 0 amide bonds. The van der Waals surface area contributed by atoms with Gasteiger partial charge in [-0.3, -0.25) is 0 Å². The molecule has 0 saturated carbocycles. The number of fused-ring (bicyclic) bond motifs is 1. The van der Waals surface area contributed by atoms with E-state index in [9.17, 15) is 4.91 Å². The number of hydrogen-bond donors (Lipinski definition) is 1. The average molecular weight is 318 g/mol. The quantitative estimate of drug-likeness (QED) is 0.629. The van der Waals surface area contributed by atoms with Crippen LogP contribution in [-0.2, 0) is 0 Å². The van der Waals surface area contributed by atoms with Crippen molar-refractivity contribution in [2.45, 2.75) is 13.8 Å². The Morgan fingerprint density at radius 1 is 1.19 bits per heavy atom. The number of rotatable bonds is 3. The fraction of sp³-hybridized carbons (Fsp3) is 0.133. The number of anilines is 2. The van der Waals surface area contributed by atoms with Crippen LogP contribution in [0.15, 0.2) is 35.5 Å². The van der Waals surface area contributed by atoms with Crippen molar-refractivity contribution in [2.24, 2.45) is 5.18 Å². The molecule has 1 N–H and O–H groups in total. The fourth-order valence-corrected chi connectivity index (χ4v) is 3.34. The highest BCUT2D eigenvalue weighted by molar-refractivity contribution is 7.22. The molecule has 0 unspecified atom stereocenters. The molecule has 1 heterocycles. The van der Waals surface area contributed by atoms with E-state index in [0.717, 1.165) is 32.2 Å². The summed E-state index contributed by atoms with van der Waals surface area (Å²) in [5.41, 5.74) is 4.26. The third-order valence-electron chi connectivity index (χ3n) is 3.25. The summed E-state index contributed by atoms with van der Waals surface area (Å²) in [6.07, 6.45) is 0. The first-order chi connectivity index (χ1) is 10.1. The summed E-state index contributed by atoms with van der Waals surface area (Å²) >= 11 is 7.72. The number of hydrogen-bond acceptors (Lipinski definition) is 5. The summed E-state index contributed by atoms with van der Waals surface area (Å²) in [7, 11) is 0. The molecule has 0 aliphatic carbocycles. The Bertz CT molecular complexity index is 805. The number of halogens is 1. The monoisotopic (exact) mass is 317 g/mol. The largest absolute Gasteiger partial charge is 0.331 e. The number of aryl methyl sites for hydroxylation is 2. The average Bonchev–Trinajstić information content (AvgIpc) is 2.90. The standard InChI is InChI=1S/C15H12ClN3OS/c1-8-3-5-11(16)14-13(8)18-15(21-14)17-12-6-4-10(19-20)7-9(12)2/h3-7H,1-2H3,(H,17,18). The Hall–Kier alpha value is -1.98. The summed E-state index contributed by atoms with van der Waals surface area (Å²) < 4.78 is 0.975. The second-order valence-corrected chi connectivity index (χ2v) is 6.18. The second-order valence-electron chi connectivity index (χ2n) is 4.78. The smallest absolute Gasteiger partial charge is 0.188 e. The molecule has 0 atom stereocenters. The number of thiazole rings is 1. The molecule has 6 heteroatoms. The second kappa shape index (κ2) is 5.42. The van der Waals surface area contributed by atoms with E-state index in [1.165, 1.54) is 11.3 Å². The molecule has 0 spiro atoms. The first-order valence-corrected chi connectivity index (χ1v) is 7.54. The molecule has 1 aromatic heterocycles. The highest BCUT2D eigenvalue weighted by Crippen LogP contribution is 2.35. The predicted molar refractivity (Wildman–Crippen MR) is 89.3 cm³/mol. The van der Waals surface area contributed by atoms with Gasteiger partial charge in [0.25, 0.3) is 0 Å². The molecular formula is C15H12ClN3OS. The first-order valence-electron chi connectivity index (χ1n) is 6.35. The van der Waals surface area contributed by atoms with E-state index < -0.39 is 0 Å². The van der Waals surface area contributed by atoms with Gasteiger partial charge < -0.3 is 5.32 Å². The molecule has 0 radical (unpaired) electrons. The summed E-state index contributed by atoms with van der Waals surface area (Å²) in [6.45, 7) is 3.93. The van der Waals surface area contributed by atoms with Crippen LogP contribution in [0.3, 0.4) is 0 Å². The first kappa shape index (κ1) is 14.0. The van der Waals surface area contributed by atoms with Crippen molar-refractivity contribution >= 4 is 49.7 Å². The maximum atomic E-state index is 10.5. The molecule has 21 heavy (non-hydrogen) atoms. The lowest BCUT2D eigenvalue weighted by Crippen LogP contribution is -1.91. The molecule has 2 aromatic carbocycles. The van der Waals surface area contributed by atoms with Crippen molar-refractivity contribution in [1.29, 1.82) is 0 Å². The van der Waals surface area contributed by atoms with Gasteiger partial charge in [-0.05, 0) is 54.4 Å². The van der Waals surface area contributed by atoms with Gasteiger partial charge in [-0.1, -0.05) is 29.0 Å². The fourth-order valence-electron chi connectivity index (χ4n) is 2.12. The van der Waals surface area contributed by atoms with E-state index in [2.05, 4.69) is 15.5 Å². The lowest BCUT2D eigenvalue weighted by atomic mass is 10.2. The summed E-state index contributed by atoms with van der Waals surface area (Å²) in [5.74, 6) is 0. The minimum absolute atomic E-state index is 0.418. The molecule has 3 aromatic rings. The third kappa shape index (κ3) is 2.62. The van der Waals surface area contributed by atoms with E-state index in [1.807, 2.05) is 32.0 Å². The van der Waals surface area contributed by atoms with Crippen LogP contribution in [0.4, 0.5) is 16.5 Å². The molecular weight excluding hydrogens is 306 g/mol. The molecule has 3 rings (SSSR count). The van der Waals surface area contributed by atoms with Crippen LogP contribution >= 0.6 is 22.9 Å². The Morgan fingerprint density at radius 2 is 2.00 bits per heavy atom. The minimum Gasteiger partial charge on any atom is -0.331 e. The lowest BCUT2D eigenvalue weighted by Gasteiger charge is -2.06. The van der Waals surface area contributed by atoms with Gasteiger partial charge in [-0.25, -0.2) is 4.98 Å². The maximum Gasteiger partial charge on any atom is 0.188 e. The SMILES string of the molecule is Cc1cc(N=O)ccc1Nc1nc2c(C)ccc(Cl)c2s1. The lowest BCUT2D eigenvalue weighted by molar-refractivity contribution is 1.36. The maximum absolute atomic E-state index is 10.5. The normalized spacial score (nSPS) is 10.8. The number of nitrogens with one attached hydrogen (secondary N) is 1. The van der Waals surface area contributed by atoms with E-state index >= 15 is 0 Å². The number of nitrogens with zero attached hydrogens (tertiary/aromatic N) is 2. The molecule has 106 valence electrons. The van der Waals surface area contributed by atoms with E-state index in [1.54, 1.807) is 12.1 Å². The highest BCUT2D eigenvalue weighted by Gasteiger charge is 2.10. The van der Waals surface area contributed by atoms with Gasteiger partial charge in [0, 0.05) is 5.69 Å². The number of benzene rings is 2. The van der Waals surface area contributed by atoms with Crippen LogP contribution in [0.5, 0.6) is 0 Å². The summed E-state index contributed by atoms with van der Waals surface area (Å²) in [6, 6.07) is 9.09. The van der Waals surface area contributed by atoms with Crippen LogP contribution in [0.2, 0.25) is 5.02 Å². The van der Waals surface area contributed by atoms with Crippen molar-refractivity contribution in [2.75, 3.05) is 5.32 Å². The molecule has 0 aliphatic heterocycles. The van der Waals surface area contributed by atoms with E-state index in [4.69, 9.17) is 11.6 Å². The number of nitroso groups, excluding NO2 is 1. The Morgan fingerprint density at radius 3 is 2.67 bits per heavy atom. The van der Waals surface area contributed by atoms with Gasteiger partial charge >= 0.3 is 0 Å². The van der Waals surface area contributed by atoms with Crippen molar-refractivity contribution < 1.29 is 0 Å². The summed E-state index contributed by atoms with van der Waals surface area (Å²) in [5, 5.41) is 7.68. The Labute approximate surface area is 130 Å². The number of aromatic nitrogens is 1. The molecule has 0 bridgehead atoms. The predicted octanol–water partition coefficient (Wildman–Crippen LogP) is 5.71. The van der Waals surface area contributed by atoms with Crippen LogP contribution in [0.1, 0.15) is 11.1 Å². The van der Waals surface area contributed by atoms with Crippen LogP contribution in [0, 0.1) is 18.8 Å². The van der Waals surface area contributed by atoms with Crippen LogP contribution in [-0.4, -0.2) is 4.98 Å². The van der Waals surface area contributed by atoms with Gasteiger partial charge in [-0.2, -0.15) is 0 Å². The van der Waals surface area contributed by atoms with E-state index in [0.29, 0.717) is 10.7 Å². The zero-order valence-corrected chi connectivity index (χ0v) is 13.0. The van der Waals surface area contributed by atoms with Gasteiger partial charge in [0.2, 0.25) is 0 Å². The van der Waals surface area contributed by atoms with Crippen LogP contribution < -0.4 is 5.32 Å². The third-order valence-corrected chi connectivity index (χ3v) is 4.69. The Kier molecular flexibility index (Phi) is 3.61. The minimum atomic E-state index is 0.418. The van der Waals surface area contributed by atoms with Gasteiger partial charge in [-0.15, -0.1) is 4.91 Å². The highest BCUT2D eigenvalue weighted by atomic mass is 35.5. The molecule has 0 fully saturated rings. The molecule has 4 nitrogen and oxygen atoms in total. The van der Waals surface area contributed by atoms with Crippen molar-refractivity contribution in [3.8, 4) is 0 Å².